The van der Waals surface area contributed by atoms with Gasteiger partial charge in [-0.2, -0.15) is 0 Å². The summed E-state index contributed by atoms with van der Waals surface area (Å²) in [4.78, 5) is 4.46. The minimum atomic E-state index is -1.26. The molecule has 31 heavy (non-hydrogen) atoms. The smallest absolute Gasteiger partial charge is 0.187 e. The number of hydrogen-bond donors (Lipinski definition) is 1. The topological polar surface area (TPSA) is 7.68 Å². The highest BCUT2D eigenvalue weighted by Crippen LogP contribution is 2.58. The van der Waals surface area contributed by atoms with Crippen molar-refractivity contribution in [1.29, 1.82) is 0 Å². The predicted molar refractivity (Wildman–Crippen MR) is 130 cm³/mol. The maximum atomic E-state index is 2.74. The fraction of sp³-hybridized carbons (Fsp3) is 0.333. The molecule has 2 atom stereocenters. The fourth-order valence-electron chi connectivity index (χ4n) is 4.88. The predicted octanol–water partition coefficient (Wildman–Crippen LogP) is 1.61. The van der Waals surface area contributed by atoms with Gasteiger partial charge in [-0.1, -0.05) is 92.2 Å². The standard InChI is InChI=1S/C27H34N2P.BrH/c1-2-3-19-30(27-17-11-6-12-18-27)23-28(20-25-13-7-4-8-14-25)22-29(24-30)21-26-15-9-5-10-16-26;/h4-18H,2-3,19-24H2,1H3;1H/q+1;. The molecule has 3 aromatic carbocycles. The van der Waals surface area contributed by atoms with E-state index < -0.39 is 7.26 Å². The normalized spacial score (nSPS) is 21.4. The van der Waals surface area contributed by atoms with E-state index in [4.69, 9.17) is 0 Å². The van der Waals surface area contributed by atoms with Crippen LogP contribution < -0.4 is 27.2 Å². The van der Waals surface area contributed by atoms with Crippen molar-refractivity contribution in [1.82, 2.24) is 4.90 Å². The summed E-state index contributed by atoms with van der Waals surface area (Å²) >= 11 is 0. The molecule has 0 radical (unpaired) electrons. The zero-order valence-electron chi connectivity index (χ0n) is 18.6. The molecule has 0 aliphatic carbocycles. The molecule has 4 heteroatoms. The Hall–Kier alpha value is -1.51. The van der Waals surface area contributed by atoms with E-state index in [0.717, 1.165) is 19.8 Å². The van der Waals surface area contributed by atoms with Crippen LogP contribution in [0, 0.1) is 0 Å². The van der Waals surface area contributed by atoms with Crippen molar-refractivity contribution in [3.8, 4) is 0 Å². The quantitative estimate of drug-likeness (QED) is 0.464. The van der Waals surface area contributed by atoms with E-state index in [0.29, 0.717) is 0 Å². The van der Waals surface area contributed by atoms with Crippen LogP contribution in [0.4, 0.5) is 0 Å². The van der Waals surface area contributed by atoms with Crippen molar-refractivity contribution >= 4 is 12.6 Å². The van der Waals surface area contributed by atoms with Gasteiger partial charge in [-0.3, -0.25) is 4.90 Å². The number of nitrogens with zero attached hydrogens (tertiary/aromatic N) is 1. The molecule has 0 spiro atoms. The molecule has 1 aliphatic heterocycles. The third-order valence-electron chi connectivity index (χ3n) is 6.23. The van der Waals surface area contributed by atoms with Crippen molar-refractivity contribution in [3.05, 3.63) is 102 Å². The van der Waals surface area contributed by atoms with E-state index in [-0.39, 0.29) is 17.0 Å². The molecule has 0 amide bonds. The van der Waals surface area contributed by atoms with Crippen LogP contribution >= 0.6 is 7.26 Å². The Balaban J connectivity index is 0.00000272. The number of quaternary nitrogens is 1. The summed E-state index contributed by atoms with van der Waals surface area (Å²) in [5.74, 6) is 0. The number of unbranched alkanes of at least 4 members (excludes halogenated alkanes) is 1. The van der Waals surface area contributed by atoms with Crippen molar-refractivity contribution in [2.75, 3.05) is 25.4 Å². The Kier molecular flexibility index (Phi) is 9.29. The van der Waals surface area contributed by atoms with Gasteiger partial charge in [-0.15, -0.1) is 0 Å². The molecule has 0 saturated carbocycles. The Morgan fingerprint density at radius 1 is 0.806 bits per heavy atom. The van der Waals surface area contributed by atoms with Gasteiger partial charge < -0.3 is 17.0 Å². The first-order valence-electron chi connectivity index (χ1n) is 11.3. The maximum absolute atomic E-state index is 2.74. The summed E-state index contributed by atoms with van der Waals surface area (Å²) in [6.45, 7) is 5.64. The lowest BCUT2D eigenvalue weighted by Crippen LogP contribution is -3.13. The largest absolute Gasteiger partial charge is 1.00 e. The fourth-order valence-corrected chi connectivity index (χ4v) is 9.64. The molecule has 164 valence electrons. The SMILES string of the molecule is CCCC[P+]1(c2ccccc2)CN(Cc2ccccc2)C[NH+](Cc2ccccc2)C1.[Br-]. The monoisotopic (exact) mass is 497 g/mol. The summed E-state index contributed by atoms with van der Waals surface area (Å²) < 4.78 is 0. The molecule has 1 heterocycles. The van der Waals surface area contributed by atoms with Gasteiger partial charge in [0.1, 0.15) is 32.1 Å². The van der Waals surface area contributed by atoms with Crippen molar-refractivity contribution in [2.45, 2.75) is 32.9 Å². The highest BCUT2D eigenvalue weighted by molar-refractivity contribution is 7.82. The number of hydrogen-bond acceptors (Lipinski definition) is 1. The van der Waals surface area contributed by atoms with Crippen LogP contribution in [-0.4, -0.2) is 30.3 Å². The van der Waals surface area contributed by atoms with Gasteiger partial charge in [-0.05, 0) is 24.1 Å². The molecule has 1 saturated heterocycles. The lowest BCUT2D eigenvalue weighted by Gasteiger charge is -2.40. The molecular weight excluding hydrogens is 463 g/mol. The van der Waals surface area contributed by atoms with Crippen LogP contribution in [-0.2, 0) is 13.1 Å². The molecular formula is C27H35BrN2P+. The Labute approximate surface area is 199 Å². The van der Waals surface area contributed by atoms with E-state index >= 15 is 0 Å². The molecule has 1 N–H and O–H groups in total. The second kappa shape index (κ2) is 11.9. The average molecular weight is 498 g/mol. The highest BCUT2D eigenvalue weighted by Gasteiger charge is 2.49. The van der Waals surface area contributed by atoms with E-state index in [9.17, 15) is 0 Å². The first kappa shape index (κ1) is 24.1. The van der Waals surface area contributed by atoms with Crippen LogP contribution in [0.15, 0.2) is 91.0 Å². The molecule has 1 aliphatic rings. The lowest BCUT2D eigenvalue weighted by atomic mass is 10.2. The average Bonchev–Trinajstić information content (AvgIpc) is 2.79. The second-order valence-corrected chi connectivity index (χ2v) is 12.6. The summed E-state index contributed by atoms with van der Waals surface area (Å²) in [6, 6.07) is 33.6. The molecule has 2 unspecified atom stereocenters. The Morgan fingerprint density at radius 3 is 2.00 bits per heavy atom. The van der Waals surface area contributed by atoms with Crippen molar-refractivity contribution in [2.24, 2.45) is 0 Å². The first-order valence-corrected chi connectivity index (χ1v) is 13.7. The molecule has 2 nitrogen and oxygen atoms in total. The van der Waals surface area contributed by atoms with Gasteiger partial charge in [0.25, 0.3) is 0 Å². The van der Waals surface area contributed by atoms with Crippen LogP contribution in [0.2, 0.25) is 0 Å². The molecule has 3 aromatic rings. The Bertz CT molecular complexity index is 839. The van der Waals surface area contributed by atoms with Gasteiger partial charge in [0, 0.05) is 12.1 Å². The van der Waals surface area contributed by atoms with Gasteiger partial charge in [-0.25, -0.2) is 4.90 Å². The third kappa shape index (κ3) is 6.49. The number of rotatable bonds is 8. The number of benzene rings is 3. The van der Waals surface area contributed by atoms with Crippen LogP contribution in [0.3, 0.4) is 0 Å². The molecule has 4 rings (SSSR count). The zero-order valence-corrected chi connectivity index (χ0v) is 21.1. The van der Waals surface area contributed by atoms with Gasteiger partial charge in [0.2, 0.25) is 0 Å². The molecule has 1 fully saturated rings. The van der Waals surface area contributed by atoms with E-state index in [1.807, 2.05) is 0 Å². The molecule has 0 aromatic heterocycles. The highest BCUT2D eigenvalue weighted by atomic mass is 79.9. The van der Waals surface area contributed by atoms with E-state index in [2.05, 4.69) is 103 Å². The lowest BCUT2D eigenvalue weighted by molar-refractivity contribution is -0.915. The van der Waals surface area contributed by atoms with Gasteiger partial charge in [0.05, 0.1) is 6.16 Å². The van der Waals surface area contributed by atoms with Gasteiger partial charge >= 0.3 is 0 Å². The summed E-state index contributed by atoms with van der Waals surface area (Å²) in [5.41, 5.74) is 2.89. The number of nitrogens with one attached hydrogen (secondary N) is 1. The third-order valence-corrected chi connectivity index (χ3v) is 10.8. The van der Waals surface area contributed by atoms with Crippen LogP contribution in [0.1, 0.15) is 30.9 Å². The van der Waals surface area contributed by atoms with Crippen molar-refractivity contribution in [3.63, 3.8) is 0 Å². The summed E-state index contributed by atoms with van der Waals surface area (Å²) in [6.07, 6.45) is 6.56. The second-order valence-electron chi connectivity index (χ2n) is 8.74. The maximum Gasteiger partial charge on any atom is 0.187 e. The summed E-state index contributed by atoms with van der Waals surface area (Å²) in [5, 5.41) is 1.63. The summed E-state index contributed by atoms with van der Waals surface area (Å²) in [7, 11) is -1.26. The minimum Gasteiger partial charge on any atom is -1.00 e. The van der Waals surface area contributed by atoms with Crippen LogP contribution in [0.5, 0.6) is 0 Å². The van der Waals surface area contributed by atoms with E-state index in [1.54, 1.807) is 10.2 Å². The van der Waals surface area contributed by atoms with Crippen molar-refractivity contribution < 1.29 is 21.9 Å². The molecule has 0 bridgehead atoms. The van der Waals surface area contributed by atoms with Crippen LogP contribution in [0.25, 0.3) is 0 Å². The Morgan fingerprint density at radius 2 is 1.39 bits per heavy atom. The van der Waals surface area contributed by atoms with Gasteiger partial charge in [0.15, 0.2) is 6.29 Å². The number of halogens is 1. The van der Waals surface area contributed by atoms with E-state index in [1.165, 1.54) is 42.7 Å². The zero-order chi connectivity index (χ0) is 20.7. The first-order chi connectivity index (χ1) is 14.8. The minimum absolute atomic E-state index is 0.